The highest BCUT2D eigenvalue weighted by Crippen LogP contribution is 2.30. The molecule has 0 saturated carbocycles. The topological polar surface area (TPSA) is 83.0 Å². The highest BCUT2D eigenvalue weighted by atomic mass is 32.2. The van der Waals surface area contributed by atoms with Crippen LogP contribution in [0.15, 0.2) is 29.3 Å². The number of hydrogen-bond donors (Lipinski definition) is 2. The molecule has 29 heavy (non-hydrogen) atoms. The Bertz CT molecular complexity index is 792. The van der Waals surface area contributed by atoms with E-state index < -0.39 is 15.5 Å². The van der Waals surface area contributed by atoms with Crippen LogP contribution in [0.2, 0.25) is 0 Å². The summed E-state index contributed by atoms with van der Waals surface area (Å²) in [7, 11) is -1.97. The number of halogens is 3. The number of nitrogens with one attached hydrogen (secondary N) is 2. The highest BCUT2D eigenvalue weighted by Gasteiger charge is 2.50. The minimum absolute atomic E-state index is 0.0678. The van der Waals surface area contributed by atoms with E-state index in [0.29, 0.717) is 42.8 Å². The molecule has 1 aliphatic rings. The third-order valence-corrected chi connectivity index (χ3v) is 6.38. The quantitative estimate of drug-likeness (QED) is 0.505. The van der Waals surface area contributed by atoms with Crippen molar-refractivity contribution in [2.24, 2.45) is 10.9 Å². The lowest BCUT2D eigenvalue weighted by atomic mass is 9.98. The number of hydrogen-bond acceptors (Lipinski definition) is 4. The summed E-state index contributed by atoms with van der Waals surface area (Å²) in [6, 6.07) is 7.94. The summed E-state index contributed by atoms with van der Waals surface area (Å²) in [5.41, 5.74) is -3.12. The zero-order valence-electron chi connectivity index (χ0n) is 16.5. The van der Waals surface area contributed by atoms with Crippen molar-refractivity contribution in [3.05, 3.63) is 35.4 Å². The predicted molar refractivity (Wildman–Crippen MR) is 105 cm³/mol. The van der Waals surface area contributed by atoms with Crippen LogP contribution < -0.4 is 10.6 Å². The van der Waals surface area contributed by atoms with Crippen LogP contribution in [0.5, 0.6) is 0 Å². The van der Waals surface area contributed by atoms with Crippen LogP contribution in [0, 0.1) is 5.92 Å². The van der Waals surface area contributed by atoms with E-state index in [-0.39, 0.29) is 19.0 Å². The molecule has 164 valence electrons. The normalized spacial score (nSPS) is 17.3. The molecule has 1 fully saturated rings. The van der Waals surface area contributed by atoms with E-state index in [1.165, 1.54) is 0 Å². The summed E-state index contributed by atoms with van der Waals surface area (Å²) in [6.45, 7) is 1.32. The van der Waals surface area contributed by atoms with Crippen molar-refractivity contribution in [3.8, 4) is 0 Å². The largest absolute Gasteiger partial charge is 0.511 e. The molecule has 0 spiro atoms. The molecule has 0 aromatic heterocycles. The smallest absolute Gasteiger partial charge is 0.380 e. The van der Waals surface area contributed by atoms with Crippen LogP contribution in [0.3, 0.4) is 0 Å². The molecule has 2 rings (SSSR count). The third-order valence-electron chi connectivity index (χ3n) is 4.75. The van der Waals surface area contributed by atoms with Crippen molar-refractivity contribution in [1.82, 2.24) is 14.9 Å². The average Bonchev–Trinajstić information content (AvgIpc) is 2.68. The zero-order chi connectivity index (χ0) is 21.5. The number of sulfonamides is 1. The summed E-state index contributed by atoms with van der Waals surface area (Å²) in [4.78, 5) is 4.15. The molecular formula is C18H27F3N4O3S. The van der Waals surface area contributed by atoms with E-state index >= 15 is 0 Å². The fourth-order valence-electron chi connectivity index (χ4n) is 3.14. The van der Waals surface area contributed by atoms with Gasteiger partial charge in [0.1, 0.15) is 0 Å². The molecule has 1 saturated heterocycles. The fraction of sp³-hybridized carbons (Fsp3) is 0.611. The van der Waals surface area contributed by atoms with Crippen LogP contribution in [-0.2, 0) is 27.9 Å². The minimum Gasteiger partial charge on any atom is -0.380 e. The molecule has 7 nitrogen and oxygen atoms in total. The molecule has 1 aliphatic heterocycles. The van der Waals surface area contributed by atoms with Crippen molar-refractivity contribution >= 4 is 16.0 Å². The standard InChI is InChI=1S/C18H27F3N4O3S/c1-22-17(24-12-15-4-3-5-16(10-15)13-28-2)23-11-14-6-8-25(9-7-14)29(26,27)18(19,20)21/h3-5,10,14H,6-9,11-13H2,1-2H3,(H2,22,23,24). The van der Waals surface area contributed by atoms with Gasteiger partial charge in [-0.15, -0.1) is 0 Å². The maximum absolute atomic E-state index is 12.6. The van der Waals surface area contributed by atoms with Gasteiger partial charge in [-0.25, -0.2) is 8.42 Å². The maximum atomic E-state index is 12.6. The second-order valence-corrected chi connectivity index (χ2v) is 8.78. The van der Waals surface area contributed by atoms with Gasteiger partial charge in [-0.05, 0) is 29.9 Å². The maximum Gasteiger partial charge on any atom is 0.511 e. The molecule has 0 aliphatic carbocycles. The van der Waals surface area contributed by atoms with Gasteiger partial charge in [-0.2, -0.15) is 17.5 Å². The van der Waals surface area contributed by atoms with E-state index in [2.05, 4.69) is 15.6 Å². The SMILES string of the molecule is CN=C(NCc1cccc(COC)c1)NCC1CCN(S(=O)(=O)C(F)(F)F)CC1. The Morgan fingerprint density at radius 2 is 1.90 bits per heavy atom. The number of piperidine rings is 1. The summed E-state index contributed by atoms with van der Waals surface area (Å²) < 4.78 is 66.5. The molecule has 2 N–H and O–H groups in total. The van der Waals surface area contributed by atoms with E-state index in [1.54, 1.807) is 14.2 Å². The number of ether oxygens (including phenoxy) is 1. The number of methoxy groups -OCH3 is 1. The Labute approximate surface area is 169 Å². The first kappa shape index (κ1) is 23.4. The second-order valence-electron chi connectivity index (χ2n) is 6.85. The molecule has 1 aromatic carbocycles. The molecule has 1 aromatic rings. The number of guanidine groups is 1. The van der Waals surface area contributed by atoms with E-state index in [0.717, 1.165) is 11.1 Å². The van der Waals surface area contributed by atoms with E-state index in [4.69, 9.17) is 4.74 Å². The zero-order valence-corrected chi connectivity index (χ0v) is 17.3. The lowest BCUT2D eigenvalue weighted by Crippen LogP contribution is -2.47. The molecule has 0 unspecified atom stereocenters. The predicted octanol–water partition coefficient (Wildman–Crippen LogP) is 2.06. The number of alkyl halides is 3. The number of nitrogens with zero attached hydrogens (tertiary/aromatic N) is 2. The Hall–Kier alpha value is -1.85. The molecule has 0 amide bonds. The number of rotatable bonds is 7. The van der Waals surface area contributed by atoms with Crippen LogP contribution >= 0.6 is 0 Å². The van der Waals surface area contributed by atoms with Gasteiger partial charge >= 0.3 is 15.5 Å². The minimum atomic E-state index is -5.25. The van der Waals surface area contributed by atoms with Gasteiger partial charge in [-0.3, -0.25) is 4.99 Å². The van der Waals surface area contributed by atoms with Gasteiger partial charge < -0.3 is 15.4 Å². The monoisotopic (exact) mass is 436 g/mol. The van der Waals surface area contributed by atoms with Gasteiger partial charge in [0.15, 0.2) is 5.96 Å². The van der Waals surface area contributed by atoms with Crippen molar-refractivity contribution in [1.29, 1.82) is 0 Å². The van der Waals surface area contributed by atoms with E-state index in [1.807, 2.05) is 24.3 Å². The highest BCUT2D eigenvalue weighted by molar-refractivity contribution is 7.90. The molecule has 11 heteroatoms. The Morgan fingerprint density at radius 3 is 2.48 bits per heavy atom. The van der Waals surface area contributed by atoms with Gasteiger partial charge in [0.2, 0.25) is 0 Å². The average molecular weight is 437 g/mol. The van der Waals surface area contributed by atoms with Gasteiger partial charge in [0.05, 0.1) is 6.61 Å². The van der Waals surface area contributed by atoms with Crippen molar-refractivity contribution in [2.45, 2.75) is 31.5 Å². The number of aliphatic imine (C=N–C) groups is 1. The van der Waals surface area contributed by atoms with Crippen molar-refractivity contribution < 1.29 is 26.3 Å². The van der Waals surface area contributed by atoms with Gasteiger partial charge in [-0.1, -0.05) is 24.3 Å². The Kier molecular flexibility index (Phi) is 8.29. The first-order valence-corrected chi connectivity index (χ1v) is 10.7. The third kappa shape index (κ3) is 6.58. The molecule has 0 radical (unpaired) electrons. The van der Waals surface area contributed by atoms with Crippen LogP contribution in [0.4, 0.5) is 13.2 Å². The molecule has 0 atom stereocenters. The molecule has 1 heterocycles. The second kappa shape index (κ2) is 10.3. The summed E-state index contributed by atoms with van der Waals surface area (Å²) in [5, 5.41) is 6.35. The van der Waals surface area contributed by atoms with Crippen LogP contribution in [0.25, 0.3) is 0 Å². The van der Waals surface area contributed by atoms with E-state index in [9.17, 15) is 21.6 Å². The molecular weight excluding hydrogens is 409 g/mol. The fourth-order valence-corrected chi connectivity index (χ4v) is 4.13. The van der Waals surface area contributed by atoms with Gasteiger partial charge in [0.25, 0.3) is 0 Å². The molecule has 0 bridgehead atoms. The Balaban J connectivity index is 1.78. The lowest BCUT2D eigenvalue weighted by Gasteiger charge is -2.31. The summed E-state index contributed by atoms with van der Waals surface area (Å²) in [5.74, 6) is 0.644. The summed E-state index contributed by atoms with van der Waals surface area (Å²) >= 11 is 0. The van der Waals surface area contributed by atoms with Crippen LogP contribution in [-0.4, -0.2) is 58.0 Å². The van der Waals surface area contributed by atoms with Crippen molar-refractivity contribution in [2.75, 3.05) is 33.8 Å². The van der Waals surface area contributed by atoms with Crippen molar-refractivity contribution in [3.63, 3.8) is 0 Å². The van der Waals surface area contributed by atoms with Gasteiger partial charge in [0, 0.05) is 40.3 Å². The first-order chi connectivity index (χ1) is 13.7. The summed E-state index contributed by atoms with van der Waals surface area (Å²) in [6.07, 6.45) is 0.719. The van der Waals surface area contributed by atoms with Crippen LogP contribution in [0.1, 0.15) is 24.0 Å². The number of benzene rings is 1. The Morgan fingerprint density at radius 1 is 1.24 bits per heavy atom. The lowest BCUT2D eigenvalue weighted by molar-refractivity contribution is -0.0496. The first-order valence-electron chi connectivity index (χ1n) is 9.25.